The van der Waals surface area contributed by atoms with E-state index in [9.17, 15) is 4.79 Å². The molecule has 184 valence electrons. The average Bonchev–Trinajstić information content (AvgIpc) is 3.20. The smallest absolute Gasteiger partial charge is 0.150 e. The lowest BCUT2D eigenvalue weighted by atomic mass is 9.44. The van der Waals surface area contributed by atoms with E-state index in [1.54, 1.807) is 63.5 Å². The number of carbonyl (C=O) groups is 1. The molecular formula is C31H48OS. The molecule has 0 aliphatic heterocycles. The maximum absolute atomic E-state index is 10.0. The van der Waals surface area contributed by atoms with E-state index in [-0.39, 0.29) is 0 Å². The molecule has 8 unspecified atom stereocenters. The van der Waals surface area contributed by atoms with E-state index < -0.39 is 0 Å². The van der Waals surface area contributed by atoms with Crippen molar-refractivity contribution in [3.05, 3.63) is 35.9 Å². The first-order valence-electron chi connectivity index (χ1n) is 13.9. The zero-order valence-electron chi connectivity index (χ0n) is 21.7. The number of hydrogen-bond donors (Lipinski definition) is 0. The van der Waals surface area contributed by atoms with Crippen molar-refractivity contribution >= 4 is 18.0 Å². The molecule has 0 spiro atoms. The van der Waals surface area contributed by atoms with Crippen molar-refractivity contribution in [2.75, 3.05) is 12.0 Å². The first-order valence-corrected chi connectivity index (χ1v) is 15.3. The Morgan fingerprint density at radius 1 is 0.939 bits per heavy atom. The summed E-state index contributed by atoms with van der Waals surface area (Å²) in [5.74, 6) is 7.62. The fourth-order valence-electron chi connectivity index (χ4n) is 9.31. The highest BCUT2D eigenvalue weighted by Gasteiger charge is 2.59. The summed E-state index contributed by atoms with van der Waals surface area (Å²) in [5, 5.41) is 0. The van der Waals surface area contributed by atoms with Gasteiger partial charge >= 0.3 is 0 Å². The lowest BCUT2D eigenvalue weighted by molar-refractivity contribution is -0.114. The van der Waals surface area contributed by atoms with Gasteiger partial charge in [-0.3, -0.25) is 4.79 Å². The van der Waals surface area contributed by atoms with E-state index in [1.165, 1.54) is 25.0 Å². The molecule has 0 N–H and O–H groups in total. The Hall–Kier alpha value is -0.760. The van der Waals surface area contributed by atoms with Crippen LogP contribution in [0.4, 0.5) is 0 Å². The Morgan fingerprint density at radius 2 is 1.70 bits per heavy atom. The minimum absolute atomic E-state index is 0.677. The lowest BCUT2D eigenvalue weighted by Gasteiger charge is -2.61. The predicted octanol–water partition coefficient (Wildman–Crippen LogP) is 8.92. The van der Waals surface area contributed by atoms with E-state index in [0.717, 1.165) is 47.4 Å². The summed E-state index contributed by atoms with van der Waals surface area (Å²) in [6.45, 7) is 8.04. The van der Waals surface area contributed by atoms with Crippen LogP contribution in [0.1, 0.15) is 102 Å². The van der Waals surface area contributed by atoms with Crippen molar-refractivity contribution in [3.63, 3.8) is 0 Å². The third kappa shape index (κ3) is 4.98. The highest BCUT2D eigenvalue weighted by Crippen LogP contribution is 2.68. The van der Waals surface area contributed by atoms with Gasteiger partial charge in [0, 0.05) is 5.56 Å². The second-order valence-electron chi connectivity index (χ2n) is 12.4. The topological polar surface area (TPSA) is 17.1 Å². The Bertz CT molecular complexity index is 761. The van der Waals surface area contributed by atoms with Crippen LogP contribution in [0.25, 0.3) is 0 Å². The predicted molar refractivity (Wildman–Crippen MR) is 144 cm³/mol. The highest BCUT2D eigenvalue weighted by molar-refractivity contribution is 7.98. The molecule has 4 aliphatic rings. The molecule has 0 radical (unpaired) electrons. The van der Waals surface area contributed by atoms with Gasteiger partial charge < -0.3 is 0 Å². The van der Waals surface area contributed by atoms with Gasteiger partial charge in [-0.05, 0) is 116 Å². The largest absolute Gasteiger partial charge is 0.298 e. The summed E-state index contributed by atoms with van der Waals surface area (Å²) in [7, 11) is 0. The minimum atomic E-state index is 0.677. The second-order valence-corrected chi connectivity index (χ2v) is 13.4. The molecule has 8 atom stereocenters. The number of fused-ring (bicyclic) bond motifs is 5. The summed E-state index contributed by atoms with van der Waals surface area (Å²) in [6.07, 6.45) is 20.1. The molecule has 0 aromatic heterocycles. The van der Waals surface area contributed by atoms with E-state index >= 15 is 0 Å². The maximum atomic E-state index is 10.0. The Labute approximate surface area is 208 Å². The van der Waals surface area contributed by atoms with Crippen molar-refractivity contribution in [3.8, 4) is 0 Å². The van der Waals surface area contributed by atoms with Gasteiger partial charge in [-0.25, -0.2) is 0 Å². The number of thioether (sulfide) groups is 1. The number of hydrogen-bond acceptors (Lipinski definition) is 2. The Morgan fingerprint density at radius 3 is 2.39 bits per heavy atom. The molecule has 1 nitrogen and oxygen atoms in total. The number of benzene rings is 1. The van der Waals surface area contributed by atoms with Gasteiger partial charge in [-0.1, -0.05) is 63.9 Å². The maximum Gasteiger partial charge on any atom is 0.150 e. The molecule has 4 saturated carbocycles. The first kappa shape index (κ1) is 25.3. The van der Waals surface area contributed by atoms with Crippen LogP contribution in [-0.4, -0.2) is 18.3 Å². The third-order valence-electron chi connectivity index (χ3n) is 11.1. The van der Waals surface area contributed by atoms with E-state index in [4.69, 9.17) is 0 Å². The molecule has 0 saturated heterocycles. The monoisotopic (exact) mass is 468 g/mol. The molecule has 0 amide bonds. The summed E-state index contributed by atoms with van der Waals surface area (Å²) >= 11 is 2.05. The second kappa shape index (κ2) is 10.9. The average molecular weight is 469 g/mol. The summed E-state index contributed by atoms with van der Waals surface area (Å²) < 4.78 is 0. The van der Waals surface area contributed by atoms with E-state index in [2.05, 4.69) is 27.0 Å². The van der Waals surface area contributed by atoms with Gasteiger partial charge in [0.2, 0.25) is 0 Å². The molecule has 4 aliphatic carbocycles. The zero-order valence-corrected chi connectivity index (χ0v) is 22.5. The van der Waals surface area contributed by atoms with Gasteiger partial charge in [0.15, 0.2) is 0 Å². The normalized spacial score (nSPS) is 40.4. The molecule has 33 heavy (non-hydrogen) atoms. The van der Waals surface area contributed by atoms with Crippen LogP contribution in [-0.2, 0) is 0 Å². The third-order valence-corrected chi connectivity index (χ3v) is 11.7. The van der Waals surface area contributed by atoms with Crippen molar-refractivity contribution in [1.82, 2.24) is 0 Å². The molecular weight excluding hydrogens is 420 g/mol. The van der Waals surface area contributed by atoms with Crippen LogP contribution in [0, 0.1) is 46.3 Å². The minimum Gasteiger partial charge on any atom is -0.298 e. The number of carbonyl (C=O) groups excluding carboxylic acids is 1. The summed E-state index contributed by atoms with van der Waals surface area (Å²) in [6, 6.07) is 9.10. The van der Waals surface area contributed by atoms with Crippen LogP contribution < -0.4 is 0 Å². The zero-order chi connectivity index (χ0) is 23.5. The fraction of sp³-hybridized carbons (Fsp3) is 0.774. The van der Waals surface area contributed by atoms with Crippen molar-refractivity contribution in [2.45, 2.75) is 91.4 Å². The quantitative estimate of drug-likeness (QED) is 0.401. The van der Waals surface area contributed by atoms with Gasteiger partial charge in [0.1, 0.15) is 6.29 Å². The van der Waals surface area contributed by atoms with E-state index in [1.807, 2.05) is 30.0 Å². The molecule has 5 rings (SSSR count). The molecule has 2 heteroatoms. The van der Waals surface area contributed by atoms with Gasteiger partial charge in [0.05, 0.1) is 0 Å². The summed E-state index contributed by atoms with van der Waals surface area (Å²) in [4.78, 5) is 10.0. The van der Waals surface area contributed by atoms with Crippen LogP contribution in [0.3, 0.4) is 0 Å². The molecule has 4 fully saturated rings. The Kier molecular flexibility index (Phi) is 8.35. The molecule has 1 aromatic rings. The van der Waals surface area contributed by atoms with Gasteiger partial charge in [0.25, 0.3) is 0 Å². The van der Waals surface area contributed by atoms with Crippen molar-refractivity contribution < 1.29 is 4.79 Å². The first-order chi connectivity index (χ1) is 15.9. The van der Waals surface area contributed by atoms with Crippen molar-refractivity contribution in [2.24, 2.45) is 46.3 Å². The number of rotatable bonds is 5. The molecule has 1 aromatic carbocycles. The number of aldehydes is 1. The van der Waals surface area contributed by atoms with E-state index in [0.29, 0.717) is 10.8 Å². The van der Waals surface area contributed by atoms with Crippen LogP contribution >= 0.6 is 11.8 Å². The lowest BCUT2D eigenvalue weighted by Crippen LogP contribution is -2.53. The van der Waals surface area contributed by atoms with Crippen LogP contribution in [0.2, 0.25) is 0 Å². The van der Waals surface area contributed by atoms with Crippen LogP contribution in [0.5, 0.6) is 0 Å². The molecule has 0 heterocycles. The van der Waals surface area contributed by atoms with Gasteiger partial charge in [-0.15, -0.1) is 0 Å². The van der Waals surface area contributed by atoms with Crippen molar-refractivity contribution in [1.29, 1.82) is 0 Å². The summed E-state index contributed by atoms with van der Waals surface area (Å²) in [5.41, 5.74) is 2.12. The van der Waals surface area contributed by atoms with Gasteiger partial charge in [-0.2, -0.15) is 11.8 Å². The SMILES string of the molecule is CSCCC(C)C1CCC2C3CCC4CCCCC4(C)C3CCC12C.O=Cc1ccccc1. The van der Waals surface area contributed by atoms with Crippen LogP contribution in [0.15, 0.2) is 30.3 Å². The fourth-order valence-corrected chi connectivity index (χ4v) is 9.91. The standard InChI is InChI=1S/C24H42S.C7H6O/c1-17(13-16-25-4)20-10-11-21-19-9-8-18-7-5-6-14-23(18,2)22(19)12-15-24(20,21)3;8-6-7-4-2-1-3-5-7/h17-22H,5-16H2,1-4H3;1-6H. The molecule has 0 bridgehead atoms. The highest BCUT2D eigenvalue weighted by atomic mass is 32.2. The Balaban J connectivity index is 0.000000275.